The average Bonchev–Trinajstić information content (AvgIpc) is 2.49. The van der Waals surface area contributed by atoms with Gasteiger partial charge in [0.2, 0.25) is 5.91 Å². The molecular formula is C15H13ClN2O3. The fourth-order valence-electron chi connectivity index (χ4n) is 1.65. The number of aromatic hydroxyl groups is 1. The Bertz CT molecular complexity index is 659. The van der Waals surface area contributed by atoms with Crippen LogP contribution in [0.3, 0.4) is 0 Å². The summed E-state index contributed by atoms with van der Waals surface area (Å²) in [6.07, 6.45) is 0. The predicted molar refractivity (Wildman–Crippen MR) is 80.5 cm³/mol. The molecule has 0 spiro atoms. The van der Waals surface area contributed by atoms with Crippen LogP contribution < -0.4 is 10.6 Å². The van der Waals surface area contributed by atoms with Gasteiger partial charge in [0, 0.05) is 10.6 Å². The van der Waals surface area contributed by atoms with Crippen LogP contribution in [0.5, 0.6) is 5.75 Å². The average molecular weight is 305 g/mol. The summed E-state index contributed by atoms with van der Waals surface area (Å²) in [4.78, 5) is 23.5. The van der Waals surface area contributed by atoms with E-state index in [0.29, 0.717) is 10.6 Å². The second-order valence-corrected chi connectivity index (χ2v) is 4.69. The van der Waals surface area contributed by atoms with E-state index in [1.54, 1.807) is 30.3 Å². The van der Waals surface area contributed by atoms with Crippen LogP contribution in [0.15, 0.2) is 48.5 Å². The Kier molecular flexibility index (Phi) is 4.79. The maximum atomic E-state index is 11.8. The maximum absolute atomic E-state index is 11.8. The Labute approximate surface area is 126 Å². The molecule has 6 heteroatoms. The number of phenols is 1. The predicted octanol–water partition coefficient (Wildman–Crippen LogP) is 2.41. The minimum Gasteiger partial charge on any atom is -0.506 e. The van der Waals surface area contributed by atoms with Gasteiger partial charge in [0.05, 0.1) is 12.2 Å². The van der Waals surface area contributed by atoms with Gasteiger partial charge in [-0.25, -0.2) is 0 Å². The van der Waals surface area contributed by atoms with Crippen molar-refractivity contribution in [2.45, 2.75) is 0 Å². The minimum absolute atomic E-state index is 0.0952. The molecule has 2 aromatic rings. The van der Waals surface area contributed by atoms with Crippen LogP contribution in [0.4, 0.5) is 5.69 Å². The van der Waals surface area contributed by atoms with Crippen LogP contribution >= 0.6 is 11.6 Å². The van der Waals surface area contributed by atoms with Gasteiger partial charge in [0.15, 0.2) is 0 Å². The van der Waals surface area contributed by atoms with Crippen molar-refractivity contribution in [2.75, 3.05) is 11.9 Å². The third-order valence-corrected chi connectivity index (χ3v) is 2.91. The molecule has 0 aromatic heterocycles. The highest BCUT2D eigenvalue weighted by atomic mass is 35.5. The van der Waals surface area contributed by atoms with Crippen molar-refractivity contribution >= 4 is 29.1 Å². The highest BCUT2D eigenvalue weighted by Crippen LogP contribution is 2.26. The summed E-state index contributed by atoms with van der Waals surface area (Å²) in [6, 6.07) is 12.9. The lowest BCUT2D eigenvalue weighted by atomic mass is 10.2. The Morgan fingerprint density at radius 2 is 1.81 bits per heavy atom. The molecule has 0 radical (unpaired) electrons. The number of phenolic OH excluding ortho intramolecular Hbond substituents is 1. The van der Waals surface area contributed by atoms with E-state index in [-0.39, 0.29) is 23.9 Å². The first-order chi connectivity index (χ1) is 10.1. The molecule has 2 amide bonds. The molecule has 0 bridgehead atoms. The van der Waals surface area contributed by atoms with Crippen LogP contribution in [0, 0.1) is 0 Å². The lowest BCUT2D eigenvalue weighted by Gasteiger charge is -2.08. The summed E-state index contributed by atoms with van der Waals surface area (Å²) in [5.41, 5.74) is 0.664. The molecule has 0 aliphatic rings. The lowest BCUT2D eigenvalue weighted by Crippen LogP contribution is -2.32. The monoisotopic (exact) mass is 304 g/mol. The molecule has 0 saturated heterocycles. The molecule has 3 N–H and O–H groups in total. The van der Waals surface area contributed by atoms with E-state index in [4.69, 9.17) is 11.6 Å². The van der Waals surface area contributed by atoms with Crippen LogP contribution in [-0.4, -0.2) is 23.5 Å². The lowest BCUT2D eigenvalue weighted by molar-refractivity contribution is -0.115. The SMILES string of the molecule is O=C(CNC(=O)c1ccccc1)Nc1cc(Cl)ccc1O. The number of carbonyl (C=O) groups excluding carboxylic acids is 2. The zero-order chi connectivity index (χ0) is 15.2. The van der Waals surface area contributed by atoms with Crippen LogP contribution in [0.2, 0.25) is 5.02 Å². The molecule has 0 aliphatic heterocycles. The van der Waals surface area contributed by atoms with Crippen LogP contribution in [0.1, 0.15) is 10.4 Å². The first kappa shape index (κ1) is 14.9. The van der Waals surface area contributed by atoms with Crippen molar-refractivity contribution in [3.8, 4) is 5.75 Å². The fourth-order valence-corrected chi connectivity index (χ4v) is 1.83. The number of hydrogen-bond donors (Lipinski definition) is 3. The fraction of sp³-hybridized carbons (Fsp3) is 0.0667. The molecule has 2 rings (SSSR count). The number of carbonyl (C=O) groups is 2. The molecule has 0 atom stereocenters. The second kappa shape index (κ2) is 6.76. The summed E-state index contributed by atoms with van der Waals surface area (Å²) >= 11 is 5.78. The van der Waals surface area contributed by atoms with E-state index < -0.39 is 5.91 Å². The quantitative estimate of drug-likeness (QED) is 0.759. The van der Waals surface area contributed by atoms with Crippen molar-refractivity contribution < 1.29 is 14.7 Å². The number of anilines is 1. The van der Waals surface area contributed by atoms with Gasteiger partial charge < -0.3 is 15.7 Å². The molecular weight excluding hydrogens is 292 g/mol. The zero-order valence-corrected chi connectivity index (χ0v) is 11.7. The molecule has 0 heterocycles. The van der Waals surface area contributed by atoms with E-state index >= 15 is 0 Å². The van der Waals surface area contributed by atoms with E-state index in [1.165, 1.54) is 18.2 Å². The zero-order valence-electron chi connectivity index (χ0n) is 11.0. The van der Waals surface area contributed by atoms with Crippen molar-refractivity contribution in [3.63, 3.8) is 0 Å². The van der Waals surface area contributed by atoms with E-state index in [1.807, 2.05) is 0 Å². The number of rotatable bonds is 4. The van der Waals surface area contributed by atoms with Crippen molar-refractivity contribution in [2.24, 2.45) is 0 Å². The Morgan fingerprint density at radius 3 is 2.52 bits per heavy atom. The van der Waals surface area contributed by atoms with Crippen molar-refractivity contribution in [1.29, 1.82) is 0 Å². The van der Waals surface area contributed by atoms with Crippen LogP contribution in [0.25, 0.3) is 0 Å². The van der Waals surface area contributed by atoms with Gasteiger partial charge in [0.25, 0.3) is 5.91 Å². The number of amides is 2. The van der Waals surface area contributed by atoms with Crippen molar-refractivity contribution in [3.05, 3.63) is 59.1 Å². The first-order valence-corrected chi connectivity index (χ1v) is 6.55. The highest BCUT2D eigenvalue weighted by Gasteiger charge is 2.09. The van der Waals surface area contributed by atoms with Gasteiger partial charge in [-0.15, -0.1) is 0 Å². The molecule has 0 fully saturated rings. The van der Waals surface area contributed by atoms with Gasteiger partial charge >= 0.3 is 0 Å². The largest absolute Gasteiger partial charge is 0.506 e. The first-order valence-electron chi connectivity index (χ1n) is 6.18. The van der Waals surface area contributed by atoms with Gasteiger partial charge in [-0.2, -0.15) is 0 Å². The van der Waals surface area contributed by atoms with Gasteiger partial charge in [-0.3, -0.25) is 9.59 Å². The standard InChI is InChI=1S/C15H13ClN2O3/c16-11-6-7-13(19)12(8-11)18-14(20)9-17-15(21)10-4-2-1-3-5-10/h1-8,19H,9H2,(H,17,21)(H,18,20). The topological polar surface area (TPSA) is 78.4 Å². The third-order valence-electron chi connectivity index (χ3n) is 2.68. The number of benzene rings is 2. The normalized spacial score (nSPS) is 9.95. The molecule has 108 valence electrons. The van der Waals surface area contributed by atoms with Gasteiger partial charge in [-0.1, -0.05) is 29.8 Å². The third kappa shape index (κ3) is 4.22. The smallest absolute Gasteiger partial charge is 0.251 e. The number of hydrogen-bond acceptors (Lipinski definition) is 3. The molecule has 2 aromatic carbocycles. The molecule has 5 nitrogen and oxygen atoms in total. The van der Waals surface area contributed by atoms with Gasteiger partial charge in [0.1, 0.15) is 5.75 Å². The Morgan fingerprint density at radius 1 is 1.10 bits per heavy atom. The van der Waals surface area contributed by atoms with Crippen LogP contribution in [-0.2, 0) is 4.79 Å². The highest BCUT2D eigenvalue weighted by molar-refractivity contribution is 6.31. The summed E-state index contributed by atoms with van der Waals surface area (Å²) in [7, 11) is 0. The van der Waals surface area contributed by atoms with E-state index in [2.05, 4.69) is 10.6 Å². The summed E-state index contributed by atoms with van der Waals surface area (Å²) in [5, 5.41) is 14.9. The minimum atomic E-state index is -0.461. The molecule has 0 aliphatic carbocycles. The molecule has 0 saturated carbocycles. The summed E-state index contributed by atoms with van der Waals surface area (Å²) < 4.78 is 0. The Hall–Kier alpha value is -2.53. The Balaban J connectivity index is 1.91. The number of nitrogens with one attached hydrogen (secondary N) is 2. The van der Waals surface area contributed by atoms with E-state index in [9.17, 15) is 14.7 Å². The van der Waals surface area contributed by atoms with E-state index in [0.717, 1.165) is 0 Å². The molecule has 0 unspecified atom stereocenters. The second-order valence-electron chi connectivity index (χ2n) is 4.26. The van der Waals surface area contributed by atoms with Crippen molar-refractivity contribution in [1.82, 2.24) is 5.32 Å². The summed E-state index contributed by atoms with van der Waals surface area (Å²) in [5.74, 6) is -0.903. The summed E-state index contributed by atoms with van der Waals surface area (Å²) in [6.45, 7) is -0.209. The molecule has 21 heavy (non-hydrogen) atoms. The van der Waals surface area contributed by atoms with Gasteiger partial charge in [-0.05, 0) is 30.3 Å². The number of halogens is 1. The maximum Gasteiger partial charge on any atom is 0.251 e.